The number of halogens is 1. The van der Waals surface area contributed by atoms with Crippen LogP contribution in [0.5, 0.6) is 11.5 Å². The summed E-state index contributed by atoms with van der Waals surface area (Å²) in [5, 5.41) is 0.908. The van der Waals surface area contributed by atoms with Crippen LogP contribution < -0.4 is 14.4 Å². The fourth-order valence-electron chi connectivity index (χ4n) is 3.13. The van der Waals surface area contributed by atoms with Gasteiger partial charge in [-0.3, -0.25) is 9.69 Å². The van der Waals surface area contributed by atoms with E-state index >= 15 is 0 Å². The summed E-state index contributed by atoms with van der Waals surface area (Å²) in [6.07, 6.45) is -0.178. The second-order valence-electron chi connectivity index (χ2n) is 7.52. The van der Waals surface area contributed by atoms with Crippen molar-refractivity contribution >= 4 is 54.0 Å². The Hall–Kier alpha value is -2.40. The molecular formula is C22H26ClN3O5S2. The van der Waals surface area contributed by atoms with Crippen LogP contribution in [0.25, 0.3) is 10.2 Å². The Kier molecular flexibility index (Phi) is 8.17. The van der Waals surface area contributed by atoms with Gasteiger partial charge in [0, 0.05) is 24.5 Å². The molecule has 178 valence electrons. The number of anilines is 1. The molecular weight excluding hydrogens is 486 g/mol. The lowest BCUT2D eigenvalue weighted by atomic mass is 10.3. The van der Waals surface area contributed by atoms with Gasteiger partial charge >= 0.3 is 0 Å². The van der Waals surface area contributed by atoms with E-state index in [1.165, 1.54) is 40.5 Å². The minimum absolute atomic E-state index is 0.133. The lowest BCUT2D eigenvalue weighted by Crippen LogP contribution is -2.37. The Labute approximate surface area is 202 Å². The first-order chi connectivity index (χ1) is 15.7. The van der Waals surface area contributed by atoms with E-state index < -0.39 is 9.84 Å². The van der Waals surface area contributed by atoms with Crippen LogP contribution in [-0.2, 0) is 14.6 Å². The quantitative estimate of drug-likeness (QED) is 0.409. The smallest absolute Gasteiger partial charge is 0.229 e. The van der Waals surface area contributed by atoms with Crippen LogP contribution in [0.1, 0.15) is 6.42 Å². The molecule has 0 bridgehead atoms. The summed E-state index contributed by atoms with van der Waals surface area (Å²) in [4.78, 5) is 21.4. The molecule has 0 aliphatic heterocycles. The number of likely N-dealkylation sites (N-methyl/N-ethyl adjacent to an activating group) is 1. The molecule has 33 heavy (non-hydrogen) atoms. The molecule has 0 saturated carbocycles. The van der Waals surface area contributed by atoms with E-state index in [1.54, 1.807) is 26.4 Å². The van der Waals surface area contributed by atoms with Gasteiger partial charge in [0.15, 0.2) is 15.0 Å². The second-order valence-corrected chi connectivity index (χ2v) is 11.0. The zero-order valence-corrected chi connectivity index (χ0v) is 21.3. The molecule has 0 spiro atoms. The van der Waals surface area contributed by atoms with Crippen LogP contribution in [-0.4, -0.2) is 71.4 Å². The number of carbonyl (C=O) groups excluding carboxylic acids is 1. The van der Waals surface area contributed by atoms with E-state index in [0.29, 0.717) is 40.3 Å². The zero-order chi connectivity index (χ0) is 24.2. The normalized spacial score (nSPS) is 11.7. The van der Waals surface area contributed by atoms with E-state index in [9.17, 15) is 13.2 Å². The maximum Gasteiger partial charge on any atom is 0.229 e. The summed E-state index contributed by atoms with van der Waals surface area (Å²) in [5.74, 6) is 0.550. The fourth-order valence-corrected chi connectivity index (χ4v) is 5.61. The van der Waals surface area contributed by atoms with E-state index in [0.717, 1.165) is 4.70 Å². The zero-order valence-electron chi connectivity index (χ0n) is 18.9. The van der Waals surface area contributed by atoms with Crippen molar-refractivity contribution in [3.8, 4) is 11.5 Å². The number of hydrogen-bond acceptors (Lipinski definition) is 8. The molecule has 0 aliphatic rings. The molecule has 0 saturated heterocycles. The molecule has 0 atom stereocenters. The Balaban J connectivity index is 1.89. The van der Waals surface area contributed by atoms with E-state index in [2.05, 4.69) is 4.98 Å². The number of sulfone groups is 1. The number of thiazole rings is 1. The van der Waals surface area contributed by atoms with Crippen molar-refractivity contribution in [3.05, 3.63) is 41.4 Å². The van der Waals surface area contributed by atoms with Crippen LogP contribution in [0.15, 0.2) is 41.3 Å². The number of rotatable bonds is 10. The first kappa shape index (κ1) is 25.2. The van der Waals surface area contributed by atoms with Gasteiger partial charge in [0.05, 0.1) is 24.9 Å². The Morgan fingerprint density at radius 3 is 2.27 bits per heavy atom. The number of carbonyl (C=O) groups is 1. The number of methoxy groups -OCH3 is 2. The lowest BCUT2D eigenvalue weighted by Gasteiger charge is -2.22. The van der Waals surface area contributed by atoms with Gasteiger partial charge in [-0.25, -0.2) is 13.4 Å². The van der Waals surface area contributed by atoms with Gasteiger partial charge in [-0.1, -0.05) is 22.9 Å². The molecule has 3 aromatic rings. The van der Waals surface area contributed by atoms with E-state index in [-0.39, 0.29) is 23.0 Å². The first-order valence-corrected chi connectivity index (χ1v) is 13.0. The molecule has 0 unspecified atom stereocenters. The van der Waals surface area contributed by atoms with Gasteiger partial charge in [-0.15, -0.1) is 0 Å². The standard InChI is InChI=1S/C22H26ClN3O5S2/c1-25(2)12-13-26(19(27)11-14-33(28,29)16-7-5-15(23)6-8-16)22-24-20-17(30-3)9-10-18(31-4)21(20)32-22/h5-10H,11-14H2,1-4H3. The van der Waals surface area contributed by atoms with Gasteiger partial charge in [-0.2, -0.15) is 0 Å². The molecule has 0 N–H and O–H groups in total. The summed E-state index contributed by atoms with van der Waals surface area (Å²) in [6.45, 7) is 0.942. The molecule has 1 amide bonds. The summed E-state index contributed by atoms with van der Waals surface area (Å²) in [5.41, 5.74) is 0.591. The van der Waals surface area contributed by atoms with Gasteiger partial charge < -0.3 is 14.4 Å². The monoisotopic (exact) mass is 511 g/mol. The van der Waals surface area contributed by atoms with Crippen molar-refractivity contribution in [2.75, 3.05) is 52.1 Å². The minimum atomic E-state index is -3.64. The van der Waals surface area contributed by atoms with Gasteiger partial charge in [0.25, 0.3) is 0 Å². The van der Waals surface area contributed by atoms with Crippen molar-refractivity contribution in [3.63, 3.8) is 0 Å². The number of benzene rings is 2. The molecule has 11 heteroatoms. The maximum absolute atomic E-state index is 13.2. The molecule has 0 fully saturated rings. The molecule has 0 aliphatic carbocycles. The van der Waals surface area contributed by atoms with E-state index in [4.69, 9.17) is 21.1 Å². The van der Waals surface area contributed by atoms with E-state index in [1.807, 2.05) is 19.0 Å². The molecule has 8 nitrogen and oxygen atoms in total. The first-order valence-electron chi connectivity index (χ1n) is 10.1. The number of amides is 1. The van der Waals surface area contributed by atoms with Crippen LogP contribution in [0.3, 0.4) is 0 Å². The van der Waals surface area contributed by atoms with Crippen molar-refractivity contribution in [1.82, 2.24) is 9.88 Å². The largest absolute Gasteiger partial charge is 0.495 e. The van der Waals surface area contributed by atoms with Crippen LogP contribution in [0.2, 0.25) is 5.02 Å². The molecule has 3 rings (SSSR count). The number of aromatic nitrogens is 1. The average Bonchev–Trinajstić information content (AvgIpc) is 3.22. The Morgan fingerprint density at radius 2 is 1.67 bits per heavy atom. The molecule has 2 aromatic carbocycles. The highest BCUT2D eigenvalue weighted by Gasteiger charge is 2.25. The summed E-state index contributed by atoms with van der Waals surface area (Å²) in [7, 11) is 3.28. The summed E-state index contributed by atoms with van der Waals surface area (Å²) >= 11 is 7.16. The third-order valence-electron chi connectivity index (χ3n) is 4.96. The van der Waals surface area contributed by atoms with Crippen LogP contribution in [0.4, 0.5) is 5.13 Å². The van der Waals surface area contributed by atoms with Crippen molar-refractivity contribution in [2.24, 2.45) is 0 Å². The minimum Gasteiger partial charge on any atom is -0.495 e. The highest BCUT2D eigenvalue weighted by molar-refractivity contribution is 7.91. The maximum atomic E-state index is 13.2. The van der Waals surface area contributed by atoms with Gasteiger partial charge in [-0.05, 0) is 50.5 Å². The summed E-state index contributed by atoms with van der Waals surface area (Å²) in [6, 6.07) is 9.46. The predicted octanol–water partition coefficient (Wildman–Crippen LogP) is 3.73. The summed E-state index contributed by atoms with van der Waals surface area (Å²) < 4.78 is 37.0. The lowest BCUT2D eigenvalue weighted by molar-refractivity contribution is -0.118. The highest BCUT2D eigenvalue weighted by Crippen LogP contribution is 2.40. The van der Waals surface area contributed by atoms with Gasteiger partial charge in [0.2, 0.25) is 5.91 Å². The molecule has 1 aromatic heterocycles. The van der Waals surface area contributed by atoms with Crippen molar-refractivity contribution in [2.45, 2.75) is 11.3 Å². The third kappa shape index (κ3) is 5.94. The van der Waals surface area contributed by atoms with Crippen LogP contribution in [0, 0.1) is 0 Å². The average molecular weight is 512 g/mol. The van der Waals surface area contributed by atoms with Crippen LogP contribution >= 0.6 is 22.9 Å². The second kappa shape index (κ2) is 10.7. The topological polar surface area (TPSA) is 89.0 Å². The van der Waals surface area contributed by atoms with Crippen molar-refractivity contribution < 1.29 is 22.7 Å². The van der Waals surface area contributed by atoms with Gasteiger partial charge in [0.1, 0.15) is 21.7 Å². The number of hydrogen-bond donors (Lipinski definition) is 0. The molecule has 0 radical (unpaired) electrons. The third-order valence-corrected chi connectivity index (χ3v) is 8.04. The molecule has 1 heterocycles. The fraction of sp³-hybridized carbons (Fsp3) is 0.364. The van der Waals surface area contributed by atoms with Crippen molar-refractivity contribution in [1.29, 1.82) is 0 Å². The number of nitrogens with zero attached hydrogens (tertiary/aromatic N) is 3. The number of ether oxygens (including phenoxy) is 2. The Morgan fingerprint density at radius 1 is 1.03 bits per heavy atom. The highest BCUT2D eigenvalue weighted by atomic mass is 35.5. The Bertz CT molecular complexity index is 1190. The SMILES string of the molecule is COc1ccc(OC)c2sc(N(CCN(C)C)C(=O)CCS(=O)(=O)c3ccc(Cl)cc3)nc12. The predicted molar refractivity (Wildman–Crippen MR) is 132 cm³/mol. The number of fused-ring (bicyclic) bond motifs is 1.